The van der Waals surface area contributed by atoms with Crippen LogP contribution in [-0.2, 0) is 24.7 Å². The molecular formula is C20H14F4N4V. The van der Waals surface area contributed by atoms with E-state index in [0.717, 1.165) is 11.6 Å². The van der Waals surface area contributed by atoms with Crippen molar-refractivity contribution in [1.29, 1.82) is 0 Å². The summed E-state index contributed by atoms with van der Waals surface area (Å²) in [6.07, 6.45) is -4.49. The van der Waals surface area contributed by atoms with Crippen LogP contribution in [0.4, 0.5) is 29.2 Å². The summed E-state index contributed by atoms with van der Waals surface area (Å²) >= 11 is 0. The third-order valence-electron chi connectivity index (χ3n) is 4.25. The Balaban J connectivity index is 0.00000240. The van der Waals surface area contributed by atoms with Gasteiger partial charge >= 0.3 is 6.18 Å². The number of benzene rings is 2. The average Bonchev–Trinajstić information content (AvgIpc) is 3.02. The molecule has 0 saturated carbocycles. The summed E-state index contributed by atoms with van der Waals surface area (Å²) in [5, 5.41) is 10.3. The van der Waals surface area contributed by atoms with Gasteiger partial charge in [-0.15, -0.1) is 0 Å². The van der Waals surface area contributed by atoms with E-state index in [0.29, 0.717) is 22.5 Å². The minimum Gasteiger partial charge on any atom is -0.323 e. The smallest absolute Gasteiger partial charge is 0.323 e. The van der Waals surface area contributed by atoms with Crippen molar-refractivity contribution in [3.05, 3.63) is 71.5 Å². The van der Waals surface area contributed by atoms with Gasteiger partial charge in [0, 0.05) is 29.5 Å². The van der Waals surface area contributed by atoms with Gasteiger partial charge in [0.05, 0.1) is 16.8 Å². The summed E-state index contributed by atoms with van der Waals surface area (Å²) < 4.78 is 53.6. The van der Waals surface area contributed by atoms with Gasteiger partial charge in [0.2, 0.25) is 0 Å². The first kappa shape index (κ1) is 20.9. The van der Waals surface area contributed by atoms with Gasteiger partial charge in [0.25, 0.3) is 0 Å². The molecule has 4 nitrogen and oxygen atoms in total. The number of pyridine rings is 1. The van der Waals surface area contributed by atoms with E-state index in [9.17, 15) is 17.6 Å². The molecule has 2 heterocycles. The number of rotatable bonds is 3. The van der Waals surface area contributed by atoms with E-state index >= 15 is 0 Å². The Labute approximate surface area is 175 Å². The van der Waals surface area contributed by atoms with Crippen molar-refractivity contribution >= 4 is 22.5 Å². The van der Waals surface area contributed by atoms with Crippen LogP contribution in [0.3, 0.4) is 0 Å². The van der Waals surface area contributed by atoms with Crippen molar-refractivity contribution < 1.29 is 36.1 Å². The van der Waals surface area contributed by atoms with E-state index in [1.54, 1.807) is 25.1 Å². The Hall–Kier alpha value is -2.84. The van der Waals surface area contributed by atoms with Crippen LogP contribution in [0.5, 0.6) is 0 Å². The maximum atomic E-state index is 13.5. The van der Waals surface area contributed by atoms with Crippen LogP contribution < -0.4 is 5.32 Å². The molecular weight excluding hydrogens is 423 g/mol. The first-order valence-corrected chi connectivity index (χ1v) is 8.37. The Bertz CT molecular complexity index is 1170. The summed E-state index contributed by atoms with van der Waals surface area (Å²) in [6, 6.07) is 12.7. The summed E-state index contributed by atoms with van der Waals surface area (Å²) in [4.78, 5) is 4.32. The first-order chi connectivity index (χ1) is 13.3. The molecule has 0 aliphatic carbocycles. The molecule has 9 heteroatoms. The first-order valence-electron chi connectivity index (χ1n) is 8.37. The molecule has 147 valence electrons. The van der Waals surface area contributed by atoms with Crippen molar-refractivity contribution in [3.8, 4) is 11.3 Å². The molecule has 2 N–H and O–H groups in total. The minimum atomic E-state index is -4.49. The molecule has 4 rings (SSSR count). The van der Waals surface area contributed by atoms with Gasteiger partial charge in [0.1, 0.15) is 11.6 Å². The van der Waals surface area contributed by atoms with E-state index in [1.807, 2.05) is 0 Å². The molecule has 0 aliphatic rings. The third kappa shape index (κ3) is 4.28. The molecule has 0 aliphatic heterocycles. The van der Waals surface area contributed by atoms with Crippen LogP contribution in [0, 0.1) is 12.7 Å². The topological polar surface area (TPSA) is 53.6 Å². The number of nitrogens with one attached hydrogen (secondary N) is 2. The number of aromatic amines is 1. The number of anilines is 2. The maximum absolute atomic E-state index is 13.5. The summed E-state index contributed by atoms with van der Waals surface area (Å²) in [5.74, 6) is 0.223. The van der Waals surface area contributed by atoms with Crippen molar-refractivity contribution in [2.75, 3.05) is 5.32 Å². The molecule has 2 aromatic heterocycles. The van der Waals surface area contributed by atoms with Gasteiger partial charge in [0.15, 0.2) is 5.82 Å². The number of hydrogen-bond donors (Lipinski definition) is 2. The van der Waals surface area contributed by atoms with E-state index in [1.165, 1.54) is 30.3 Å². The van der Waals surface area contributed by atoms with Gasteiger partial charge < -0.3 is 5.32 Å². The van der Waals surface area contributed by atoms with Gasteiger partial charge in [-0.25, -0.2) is 9.37 Å². The SMILES string of the molecule is Cc1cc(Nc2n[nH]c3ccc(F)cc23)nc(-c2ccccc2C(F)(F)F)c1.[V]. The maximum Gasteiger partial charge on any atom is 0.417 e. The second-order valence-electron chi connectivity index (χ2n) is 6.35. The third-order valence-corrected chi connectivity index (χ3v) is 4.25. The van der Waals surface area contributed by atoms with Crippen molar-refractivity contribution in [2.24, 2.45) is 0 Å². The van der Waals surface area contributed by atoms with E-state index in [-0.39, 0.29) is 29.8 Å². The van der Waals surface area contributed by atoms with E-state index in [2.05, 4.69) is 20.5 Å². The number of aryl methyl sites for hydroxylation is 1. The fraction of sp³-hybridized carbons (Fsp3) is 0.100. The van der Waals surface area contributed by atoms with Gasteiger partial charge in [-0.3, -0.25) is 5.10 Å². The number of H-pyrrole nitrogens is 1. The standard InChI is InChI=1S/C20H14F4N4.V/c1-11-8-17(13-4-2-3-5-15(13)20(22,23)24)25-18(9-11)26-19-14-10-12(21)6-7-16(14)27-28-19;/h2-10H,1H3,(H2,25,26,27,28);. The van der Waals surface area contributed by atoms with Crippen LogP contribution in [-0.4, -0.2) is 15.2 Å². The van der Waals surface area contributed by atoms with Gasteiger partial charge in [-0.1, -0.05) is 18.2 Å². The van der Waals surface area contributed by atoms with Crippen molar-refractivity contribution in [3.63, 3.8) is 0 Å². The zero-order valence-corrected chi connectivity index (χ0v) is 16.4. The molecule has 0 saturated heterocycles. The molecule has 0 unspecified atom stereocenters. The van der Waals surface area contributed by atoms with Gasteiger partial charge in [-0.2, -0.15) is 18.3 Å². The van der Waals surface area contributed by atoms with Crippen LogP contribution >= 0.6 is 0 Å². The van der Waals surface area contributed by atoms with Crippen LogP contribution in [0.15, 0.2) is 54.6 Å². The van der Waals surface area contributed by atoms with E-state index in [4.69, 9.17) is 0 Å². The molecule has 29 heavy (non-hydrogen) atoms. The minimum absolute atomic E-state index is 0. The molecule has 1 radical (unpaired) electrons. The van der Waals surface area contributed by atoms with Gasteiger partial charge in [-0.05, 0) is 48.9 Å². The predicted octanol–water partition coefficient (Wildman–Crippen LogP) is 5.83. The zero-order valence-electron chi connectivity index (χ0n) is 15.0. The Morgan fingerprint density at radius 3 is 2.52 bits per heavy atom. The molecule has 4 aromatic rings. The number of aromatic nitrogens is 3. The van der Waals surface area contributed by atoms with Crippen molar-refractivity contribution in [1.82, 2.24) is 15.2 Å². The van der Waals surface area contributed by atoms with E-state index < -0.39 is 17.6 Å². The summed E-state index contributed by atoms with van der Waals surface area (Å²) in [5.41, 5.74) is 0.752. The quantitative estimate of drug-likeness (QED) is 0.397. The monoisotopic (exact) mass is 437 g/mol. The Morgan fingerprint density at radius 1 is 1.00 bits per heavy atom. The second-order valence-corrected chi connectivity index (χ2v) is 6.35. The number of halogens is 4. The predicted molar refractivity (Wildman–Crippen MR) is 98.7 cm³/mol. The van der Waals surface area contributed by atoms with Crippen LogP contribution in [0.2, 0.25) is 0 Å². The normalized spacial score (nSPS) is 11.3. The van der Waals surface area contributed by atoms with Crippen LogP contribution in [0.25, 0.3) is 22.2 Å². The molecule has 0 bridgehead atoms. The fourth-order valence-electron chi connectivity index (χ4n) is 3.03. The molecule has 0 atom stereocenters. The summed E-state index contributed by atoms with van der Waals surface area (Å²) in [7, 11) is 0. The fourth-order valence-corrected chi connectivity index (χ4v) is 3.03. The largest absolute Gasteiger partial charge is 0.417 e. The molecule has 0 fully saturated rings. The Morgan fingerprint density at radius 2 is 1.76 bits per heavy atom. The second kappa shape index (κ2) is 7.89. The van der Waals surface area contributed by atoms with Crippen molar-refractivity contribution in [2.45, 2.75) is 13.1 Å². The number of fused-ring (bicyclic) bond motifs is 1. The zero-order chi connectivity index (χ0) is 19.9. The molecule has 2 aromatic carbocycles. The van der Waals surface area contributed by atoms with Crippen LogP contribution in [0.1, 0.15) is 11.1 Å². The molecule has 0 spiro atoms. The number of hydrogen-bond acceptors (Lipinski definition) is 3. The number of nitrogens with zero attached hydrogens (tertiary/aromatic N) is 2. The average molecular weight is 437 g/mol. The molecule has 0 amide bonds. The number of alkyl halides is 3. The summed E-state index contributed by atoms with van der Waals surface area (Å²) in [6.45, 7) is 1.76. The Kier molecular flexibility index (Phi) is 5.68.